The van der Waals surface area contributed by atoms with Crippen molar-refractivity contribution in [2.24, 2.45) is 5.92 Å². The van der Waals surface area contributed by atoms with E-state index in [1.807, 2.05) is 18.2 Å². The summed E-state index contributed by atoms with van der Waals surface area (Å²) in [6, 6.07) is 18.5. The minimum atomic E-state index is -0.930. The molecule has 0 aliphatic heterocycles. The van der Waals surface area contributed by atoms with Gasteiger partial charge in [0.1, 0.15) is 0 Å². The lowest BCUT2D eigenvalue weighted by Gasteiger charge is -2.20. The molecule has 31 heavy (non-hydrogen) atoms. The van der Waals surface area contributed by atoms with Gasteiger partial charge >= 0.3 is 5.97 Å². The van der Waals surface area contributed by atoms with Crippen molar-refractivity contribution in [3.8, 4) is 11.1 Å². The van der Waals surface area contributed by atoms with Crippen molar-refractivity contribution in [1.29, 1.82) is 0 Å². The Morgan fingerprint density at radius 3 is 2.39 bits per heavy atom. The summed E-state index contributed by atoms with van der Waals surface area (Å²) in [6.45, 7) is 0. The Morgan fingerprint density at radius 1 is 1.03 bits per heavy atom. The molecule has 1 heterocycles. The Hall–Kier alpha value is -2.99. The Balaban J connectivity index is 1.52. The lowest BCUT2D eigenvalue weighted by atomic mass is 9.86. The zero-order valence-corrected chi connectivity index (χ0v) is 18.1. The van der Waals surface area contributed by atoms with Gasteiger partial charge in [0.2, 0.25) is 5.91 Å². The number of benzene rings is 2. The summed E-state index contributed by atoms with van der Waals surface area (Å²) in [5.41, 5.74) is 3.75. The second kappa shape index (κ2) is 9.88. The number of anilines is 1. The molecule has 5 nitrogen and oxygen atoms in total. The van der Waals surface area contributed by atoms with Gasteiger partial charge in [0, 0.05) is 5.38 Å². The van der Waals surface area contributed by atoms with Crippen molar-refractivity contribution in [2.45, 2.75) is 44.4 Å². The van der Waals surface area contributed by atoms with E-state index in [1.165, 1.54) is 37.0 Å². The highest BCUT2D eigenvalue weighted by Crippen LogP contribution is 2.35. The van der Waals surface area contributed by atoms with Crippen LogP contribution >= 0.6 is 11.3 Å². The van der Waals surface area contributed by atoms with E-state index in [1.54, 1.807) is 5.38 Å². The highest BCUT2D eigenvalue weighted by molar-refractivity contribution is 7.13. The zero-order valence-electron chi connectivity index (χ0n) is 17.3. The summed E-state index contributed by atoms with van der Waals surface area (Å²) < 4.78 is 0. The van der Waals surface area contributed by atoms with Gasteiger partial charge in [0.25, 0.3) is 0 Å². The third kappa shape index (κ3) is 5.58. The maximum Gasteiger partial charge on any atom is 0.309 e. The molecule has 0 spiro atoms. The summed E-state index contributed by atoms with van der Waals surface area (Å²) in [5, 5.41) is 14.0. The van der Waals surface area contributed by atoms with E-state index in [2.05, 4.69) is 46.7 Å². The van der Waals surface area contributed by atoms with Crippen molar-refractivity contribution < 1.29 is 14.7 Å². The summed E-state index contributed by atoms with van der Waals surface area (Å²) in [4.78, 5) is 28.4. The molecule has 2 aromatic carbocycles. The number of aromatic nitrogens is 1. The molecule has 1 atom stereocenters. The molecule has 6 heteroatoms. The van der Waals surface area contributed by atoms with Gasteiger partial charge in [-0.1, -0.05) is 80.3 Å². The molecule has 1 fully saturated rings. The fourth-order valence-electron chi connectivity index (χ4n) is 4.31. The summed E-state index contributed by atoms with van der Waals surface area (Å²) in [6.07, 6.45) is 5.49. The van der Waals surface area contributed by atoms with Crippen molar-refractivity contribution in [3.05, 3.63) is 71.2 Å². The minimum Gasteiger partial charge on any atom is -0.481 e. The quantitative estimate of drug-likeness (QED) is 0.474. The van der Waals surface area contributed by atoms with Gasteiger partial charge in [-0.25, -0.2) is 4.98 Å². The van der Waals surface area contributed by atoms with Crippen LogP contribution in [-0.4, -0.2) is 22.0 Å². The first-order chi connectivity index (χ1) is 15.1. The number of rotatable bonds is 8. The predicted molar refractivity (Wildman–Crippen MR) is 123 cm³/mol. The number of thiazole rings is 1. The number of carboxylic acids is 1. The number of carbonyl (C=O) groups excluding carboxylic acids is 1. The van der Waals surface area contributed by atoms with Crippen LogP contribution in [0.15, 0.2) is 60.0 Å². The predicted octanol–water partition coefficient (Wildman–Crippen LogP) is 5.74. The van der Waals surface area contributed by atoms with Gasteiger partial charge in [0.15, 0.2) is 5.13 Å². The molecule has 1 aliphatic rings. The zero-order chi connectivity index (χ0) is 21.6. The van der Waals surface area contributed by atoms with Gasteiger partial charge < -0.3 is 10.4 Å². The first-order valence-electron chi connectivity index (χ1n) is 10.7. The molecule has 160 valence electrons. The normalized spacial score (nSPS) is 15.0. The van der Waals surface area contributed by atoms with Crippen LogP contribution in [0, 0.1) is 5.92 Å². The van der Waals surface area contributed by atoms with Gasteiger partial charge in [-0.3, -0.25) is 9.59 Å². The van der Waals surface area contributed by atoms with Crippen LogP contribution in [0.4, 0.5) is 5.13 Å². The number of aliphatic carboxylic acids is 1. The smallest absolute Gasteiger partial charge is 0.309 e. The van der Waals surface area contributed by atoms with Gasteiger partial charge in [-0.15, -0.1) is 11.3 Å². The van der Waals surface area contributed by atoms with E-state index < -0.39 is 5.97 Å². The monoisotopic (exact) mass is 434 g/mol. The molecule has 1 amide bonds. The summed E-state index contributed by atoms with van der Waals surface area (Å²) >= 11 is 1.27. The van der Waals surface area contributed by atoms with Gasteiger partial charge in [0.05, 0.1) is 18.0 Å². The van der Waals surface area contributed by atoms with E-state index in [9.17, 15) is 9.59 Å². The van der Waals surface area contributed by atoms with E-state index in [4.69, 9.17) is 5.11 Å². The Bertz CT molecular complexity index is 1020. The van der Waals surface area contributed by atoms with Crippen molar-refractivity contribution in [3.63, 3.8) is 0 Å². The van der Waals surface area contributed by atoms with E-state index in [0.29, 0.717) is 16.7 Å². The van der Waals surface area contributed by atoms with Crippen LogP contribution in [0.5, 0.6) is 0 Å². The highest BCUT2D eigenvalue weighted by Gasteiger charge is 2.27. The number of carbonyl (C=O) groups is 2. The first-order valence-corrected chi connectivity index (χ1v) is 11.6. The third-order valence-electron chi connectivity index (χ3n) is 5.89. The largest absolute Gasteiger partial charge is 0.481 e. The average molecular weight is 435 g/mol. The lowest BCUT2D eigenvalue weighted by molar-refractivity contribution is -0.136. The molecular formula is C25H26N2O3S. The molecule has 0 radical (unpaired) electrons. The average Bonchev–Trinajstić information content (AvgIpc) is 3.44. The molecule has 1 unspecified atom stereocenters. The summed E-state index contributed by atoms with van der Waals surface area (Å²) in [7, 11) is 0. The fourth-order valence-corrected chi connectivity index (χ4v) is 5.02. The number of nitrogens with one attached hydrogen (secondary N) is 1. The van der Waals surface area contributed by atoms with E-state index in [0.717, 1.165) is 23.1 Å². The standard InChI is InChI=1S/C25H26N2O3S/c28-23(29)15-21-16-31-25(26-21)27-24(30)22(14-17-6-4-5-7-17)20-12-10-19(11-13-20)18-8-2-1-3-9-18/h1-3,8-13,16-17,22H,4-7,14-15H2,(H,28,29)(H,26,27,30). The van der Waals surface area contributed by atoms with Crippen LogP contribution in [0.25, 0.3) is 11.1 Å². The number of hydrogen-bond donors (Lipinski definition) is 2. The SMILES string of the molecule is O=C(O)Cc1csc(NC(=O)C(CC2CCCC2)c2ccc(-c3ccccc3)cc2)n1. The van der Waals surface area contributed by atoms with Crippen LogP contribution < -0.4 is 5.32 Å². The van der Waals surface area contributed by atoms with E-state index >= 15 is 0 Å². The molecule has 2 N–H and O–H groups in total. The van der Waals surface area contributed by atoms with Crippen LogP contribution in [0.1, 0.15) is 49.3 Å². The maximum absolute atomic E-state index is 13.2. The molecule has 1 aliphatic carbocycles. The minimum absolute atomic E-state index is 0.0735. The van der Waals surface area contributed by atoms with Gasteiger partial charge in [-0.05, 0) is 29.0 Å². The molecule has 0 bridgehead atoms. The Morgan fingerprint density at radius 2 is 1.71 bits per heavy atom. The number of nitrogens with zero attached hydrogens (tertiary/aromatic N) is 1. The molecule has 0 saturated heterocycles. The van der Waals surface area contributed by atoms with E-state index in [-0.39, 0.29) is 18.2 Å². The maximum atomic E-state index is 13.2. The van der Waals surface area contributed by atoms with Gasteiger partial charge in [-0.2, -0.15) is 0 Å². The Kier molecular flexibility index (Phi) is 6.77. The third-order valence-corrected chi connectivity index (χ3v) is 6.70. The van der Waals surface area contributed by atoms with Crippen LogP contribution in [0.2, 0.25) is 0 Å². The second-order valence-electron chi connectivity index (χ2n) is 8.13. The van der Waals surface area contributed by atoms with Crippen molar-refractivity contribution in [2.75, 3.05) is 5.32 Å². The number of amides is 1. The Labute approximate surface area is 186 Å². The molecular weight excluding hydrogens is 408 g/mol. The fraction of sp³-hybridized carbons (Fsp3) is 0.320. The molecule has 1 aromatic heterocycles. The van der Waals surface area contributed by atoms with Crippen molar-refractivity contribution in [1.82, 2.24) is 4.98 Å². The second-order valence-corrected chi connectivity index (χ2v) is 8.99. The first kappa shape index (κ1) is 21.2. The van der Waals surface area contributed by atoms with Crippen LogP contribution in [0.3, 0.4) is 0 Å². The number of hydrogen-bond acceptors (Lipinski definition) is 4. The molecule has 3 aromatic rings. The number of carboxylic acid groups (broad SMARTS) is 1. The summed E-state index contributed by atoms with van der Waals surface area (Å²) in [5.74, 6) is -0.695. The molecule has 4 rings (SSSR count). The van der Waals surface area contributed by atoms with Crippen molar-refractivity contribution >= 4 is 28.3 Å². The topological polar surface area (TPSA) is 79.3 Å². The van der Waals surface area contributed by atoms with Crippen LogP contribution in [-0.2, 0) is 16.0 Å². The molecule has 1 saturated carbocycles. The highest BCUT2D eigenvalue weighted by atomic mass is 32.1. The lowest BCUT2D eigenvalue weighted by Crippen LogP contribution is -2.23.